The number of nitrogens with zero attached hydrogens (tertiary/aromatic N) is 2. The van der Waals surface area contributed by atoms with Crippen molar-refractivity contribution in [2.24, 2.45) is 0 Å². The van der Waals surface area contributed by atoms with Gasteiger partial charge in [-0.2, -0.15) is 0 Å². The van der Waals surface area contributed by atoms with Crippen molar-refractivity contribution in [3.8, 4) is 10.9 Å². The maximum atomic E-state index is 12.5. The first-order chi connectivity index (χ1) is 14.2. The zero-order chi connectivity index (χ0) is 20.1. The van der Waals surface area contributed by atoms with E-state index in [2.05, 4.69) is 17.1 Å². The lowest BCUT2D eigenvalue weighted by molar-refractivity contribution is -0.130. The van der Waals surface area contributed by atoms with Crippen molar-refractivity contribution in [3.05, 3.63) is 54.1 Å². The van der Waals surface area contributed by atoms with Crippen LogP contribution in [0.4, 0.5) is 0 Å². The van der Waals surface area contributed by atoms with Crippen molar-refractivity contribution in [2.45, 2.75) is 24.7 Å². The van der Waals surface area contributed by atoms with Crippen molar-refractivity contribution in [1.82, 2.24) is 9.88 Å². The van der Waals surface area contributed by atoms with E-state index in [1.54, 1.807) is 18.9 Å². The number of hydrogen-bond acceptors (Lipinski definition) is 6. The first-order valence-corrected chi connectivity index (χ1v) is 11.7. The van der Waals surface area contributed by atoms with Gasteiger partial charge >= 0.3 is 0 Å². The standard InChI is InChI=1S/C22H24N2O3S2/c1-26-18-7-8-19-20(13-18)29-22(23-19)27-17-9-11-24(12-10-17)21(25)15-28-14-16-5-3-2-4-6-16/h2-8,13,17H,9-12,14-15H2,1H3. The summed E-state index contributed by atoms with van der Waals surface area (Å²) in [5.74, 6) is 2.44. The van der Waals surface area contributed by atoms with Crippen LogP contribution in [0.5, 0.6) is 10.9 Å². The zero-order valence-electron chi connectivity index (χ0n) is 16.4. The van der Waals surface area contributed by atoms with Gasteiger partial charge in [0, 0.05) is 31.7 Å². The summed E-state index contributed by atoms with van der Waals surface area (Å²) in [7, 11) is 1.66. The van der Waals surface area contributed by atoms with Gasteiger partial charge in [0.25, 0.3) is 5.19 Å². The summed E-state index contributed by atoms with van der Waals surface area (Å²) >= 11 is 3.22. The van der Waals surface area contributed by atoms with E-state index in [1.165, 1.54) is 16.9 Å². The Balaban J connectivity index is 1.23. The summed E-state index contributed by atoms with van der Waals surface area (Å²) in [6.07, 6.45) is 1.79. The Hall–Kier alpha value is -2.25. The second kappa shape index (κ2) is 9.50. The number of piperidine rings is 1. The fourth-order valence-corrected chi connectivity index (χ4v) is 5.15. The molecule has 0 saturated carbocycles. The third-order valence-electron chi connectivity index (χ3n) is 4.98. The smallest absolute Gasteiger partial charge is 0.274 e. The number of methoxy groups -OCH3 is 1. The molecular weight excluding hydrogens is 404 g/mol. The molecule has 0 unspecified atom stereocenters. The summed E-state index contributed by atoms with van der Waals surface area (Å²) in [4.78, 5) is 19.0. The topological polar surface area (TPSA) is 51.7 Å². The molecule has 0 N–H and O–H groups in total. The van der Waals surface area contributed by atoms with Gasteiger partial charge in [0.2, 0.25) is 5.91 Å². The molecule has 3 aromatic rings. The predicted octanol–water partition coefficient (Wildman–Crippen LogP) is 4.61. The van der Waals surface area contributed by atoms with Gasteiger partial charge in [-0.05, 0) is 23.8 Å². The van der Waals surface area contributed by atoms with Crippen LogP contribution in [0.3, 0.4) is 0 Å². The second-order valence-electron chi connectivity index (χ2n) is 6.99. The molecule has 1 aliphatic heterocycles. The molecule has 1 aliphatic rings. The number of carbonyl (C=O) groups excluding carboxylic acids is 1. The molecule has 152 valence electrons. The van der Waals surface area contributed by atoms with Crippen LogP contribution in [0.2, 0.25) is 0 Å². The number of rotatable bonds is 7. The number of benzene rings is 2. The van der Waals surface area contributed by atoms with E-state index in [9.17, 15) is 4.79 Å². The van der Waals surface area contributed by atoms with Crippen LogP contribution in [-0.2, 0) is 10.5 Å². The lowest BCUT2D eigenvalue weighted by Crippen LogP contribution is -2.42. The molecule has 1 amide bonds. The van der Waals surface area contributed by atoms with Crippen molar-refractivity contribution in [3.63, 3.8) is 0 Å². The molecule has 4 rings (SSSR count). The first kappa shape index (κ1) is 20.0. The quantitative estimate of drug-likeness (QED) is 0.550. The SMILES string of the molecule is COc1ccc2nc(OC3CCN(C(=O)CSCc4ccccc4)CC3)sc2c1. The van der Waals surface area contributed by atoms with Crippen molar-refractivity contribution >= 4 is 39.2 Å². The maximum Gasteiger partial charge on any atom is 0.274 e. The van der Waals surface area contributed by atoms with Gasteiger partial charge in [-0.15, -0.1) is 11.8 Å². The van der Waals surface area contributed by atoms with Crippen LogP contribution in [0.1, 0.15) is 18.4 Å². The Labute approximate surface area is 179 Å². The molecule has 0 spiro atoms. The van der Waals surface area contributed by atoms with Crippen LogP contribution in [0.15, 0.2) is 48.5 Å². The summed E-state index contributed by atoms with van der Waals surface area (Å²) in [6, 6.07) is 16.1. The maximum absolute atomic E-state index is 12.5. The van der Waals surface area contributed by atoms with Gasteiger partial charge in [0.1, 0.15) is 11.9 Å². The highest BCUT2D eigenvalue weighted by atomic mass is 32.2. The molecule has 2 aromatic carbocycles. The number of carbonyl (C=O) groups is 1. The number of likely N-dealkylation sites (tertiary alicyclic amines) is 1. The van der Waals surface area contributed by atoms with Crippen molar-refractivity contribution in [2.75, 3.05) is 26.0 Å². The highest BCUT2D eigenvalue weighted by Crippen LogP contribution is 2.32. The molecular formula is C22H24N2O3S2. The van der Waals surface area contributed by atoms with E-state index in [-0.39, 0.29) is 12.0 Å². The van der Waals surface area contributed by atoms with E-state index in [0.717, 1.165) is 47.7 Å². The number of amides is 1. The average Bonchev–Trinajstić information content (AvgIpc) is 3.16. The third-order valence-corrected chi connectivity index (χ3v) is 6.87. The summed E-state index contributed by atoms with van der Waals surface area (Å²) in [5, 5.41) is 0.691. The Morgan fingerprint density at radius 2 is 2.00 bits per heavy atom. The predicted molar refractivity (Wildman–Crippen MR) is 119 cm³/mol. The lowest BCUT2D eigenvalue weighted by atomic mass is 10.1. The fourth-order valence-electron chi connectivity index (χ4n) is 3.35. The van der Waals surface area contributed by atoms with E-state index in [0.29, 0.717) is 10.9 Å². The van der Waals surface area contributed by atoms with Gasteiger partial charge in [-0.1, -0.05) is 41.7 Å². The highest BCUT2D eigenvalue weighted by molar-refractivity contribution is 7.99. The lowest BCUT2D eigenvalue weighted by Gasteiger charge is -2.31. The number of thioether (sulfide) groups is 1. The van der Waals surface area contributed by atoms with E-state index >= 15 is 0 Å². The molecule has 7 heteroatoms. The molecule has 1 fully saturated rings. The van der Waals surface area contributed by atoms with Crippen LogP contribution < -0.4 is 9.47 Å². The largest absolute Gasteiger partial charge is 0.497 e. The minimum absolute atomic E-state index is 0.110. The fraction of sp³-hybridized carbons (Fsp3) is 0.364. The van der Waals surface area contributed by atoms with Gasteiger partial charge in [-0.25, -0.2) is 4.98 Å². The molecule has 2 heterocycles. The Kier molecular flexibility index (Phi) is 6.56. The van der Waals surface area contributed by atoms with Crippen LogP contribution >= 0.6 is 23.1 Å². The van der Waals surface area contributed by atoms with E-state index in [4.69, 9.17) is 9.47 Å². The molecule has 1 aromatic heterocycles. The minimum atomic E-state index is 0.110. The molecule has 1 saturated heterocycles. The molecule has 0 bridgehead atoms. The number of fused-ring (bicyclic) bond motifs is 1. The van der Waals surface area contributed by atoms with Crippen LogP contribution in [0, 0.1) is 0 Å². The van der Waals surface area contributed by atoms with Gasteiger partial charge in [0.15, 0.2) is 0 Å². The molecule has 0 aliphatic carbocycles. The summed E-state index contributed by atoms with van der Waals surface area (Å²) < 4.78 is 12.4. The first-order valence-electron chi connectivity index (χ1n) is 9.72. The monoisotopic (exact) mass is 428 g/mol. The minimum Gasteiger partial charge on any atom is -0.497 e. The third kappa shape index (κ3) is 5.22. The van der Waals surface area contributed by atoms with Gasteiger partial charge in [-0.3, -0.25) is 4.79 Å². The molecule has 0 radical (unpaired) electrons. The van der Waals surface area contributed by atoms with E-state index in [1.807, 2.05) is 41.3 Å². The van der Waals surface area contributed by atoms with Crippen molar-refractivity contribution < 1.29 is 14.3 Å². The second-order valence-corrected chi connectivity index (χ2v) is 8.97. The molecule has 0 atom stereocenters. The Morgan fingerprint density at radius 1 is 1.21 bits per heavy atom. The van der Waals surface area contributed by atoms with E-state index < -0.39 is 0 Å². The number of thiazole rings is 1. The summed E-state index contributed by atoms with van der Waals surface area (Å²) in [5.41, 5.74) is 2.18. The normalized spacial score (nSPS) is 14.9. The van der Waals surface area contributed by atoms with Crippen molar-refractivity contribution in [1.29, 1.82) is 0 Å². The zero-order valence-corrected chi connectivity index (χ0v) is 18.0. The van der Waals surface area contributed by atoms with Crippen LogP contribution in [-0.4, -0.2) is 47.8 Å². The highest BCUT2D eigenvalue weighted by Gasteiger charge is 2.24. The van der Waals surface area contributed by atoms with Gasteiger partial charge in [0.05, 0.1) is 23.1 Å². The van der Waals surface area contributed by atoms with Gasteiger partial charge < -0.3 is 14.4 Å². The average molecular weight is 429 g/mol. The Morgan fingerprint density at radius 3 is 2.76 bits per heavy atom. The molecule has 29 heavy (non-hydrogen) atoms. The number of hydrogen-bond donors (Lipinski definition) is 0. The number of aromatic nitrogens is 1. The molecule has 5 nitrogen and oxygen atoms in total. The summed E-state index contributed by atoms with van der Waals surface area (Å²) in [6.45, 7) is 1.49. The number of ether oxygens (including phenoxy) is 2. The Bertz CT molecular complexity index is 953. The van der Waals surface area contributed by atoms with Crippen LogP contribution in [0.25, 0.3) is 10.2 Å².